The van der Waals surface area contributed by atoms with Gasteiger partial charge in [0.25, 0.3) is 5.91 Å². The van der Waals surface area contributed by atoms with Gasteiger partial charge in [0.05, 0.1) is 6.26 Å². The highest BCUT2D eigenvalue weighted by Gasteiger charge is 2.26. The maximum atomic E-state index is 12.3. The Hall–Kier alpha value is -3.28. The van der Waals surface area contributed by atoms with Crippen molar-refractivity contribution in [2.24, 2.45) is 0 Å². The Morgan fingerprint density at radius 1 is 1.16 bits per heavy atom. The van der Waals surface area contributed by atoms with Gasteiger partial charge in [-0.1, -0.05) is 12.1 Å². The van der Waals surface area contributed by atoms with Gasteiger partial charge in [-0.3, -0.25) is 9.78 Å². The van der Waals surface area contributed by atoms with Gasteiger partial charge in [-0.2, -0.15) is 0 Å². The third-order valence-corrected chi connectivity index (χ3v) is 3.87. The zero-order valence-corrected chi connectivity index (χ0v) is 13.3. The first-order valence-corrected chi connectivity index (χ1v) is 7.94. The molecule has 0 aliphatic carbocycles. The van der Waals surface area contributed by atoms with Crippen molar-refractivity contribution < 1.29 is 18.7 Å². The Balaban J connectivity index is 1.39. The van der Waals surface area contributed by atoms with Gasteiger partial charge in [0, 0.05) is 12.7 Å². The predicted octanol–water partition coefficient (Wildman–Crippen LogP) is 2.80. The van der Waals surface area contributed by atoms with Crippen LogP contribution in [0, 0.1) is 0 Å². The summed E-state index contributed by atoms with van der Waals surface area (Å²) in [5, 5.41) is 2.87. The van der Waals surface area contributed by atoms with Gasteiger partial charge in [-0.05, 0) is 42.0 Å². The Morgan fingerprint density at radius 3 is 2.88 bits per heavy atom. The standard InChI is InChI=1S/C19H16N2O4/c22-19(18-12-24-16-4-1-2-5-17(16)25-18)21-11-13-7-8-20-14(10-13)15-6-3-9-23-15/h1-10,18H,11-12H2,(H,21,22)/t18-/m1/s1. The zero-order valence-electron chi connectivity index (χ0n) is 13.3. The number of pyridine rings is 1. The van der Waals surface area contributed by atoms with Crippen LogP contribution >= 0.6 is 0 Å². The number of amides is 1. The summed E-state index contributed by atoms with van der Waals surface area (Å²) in [6.45, 7) is 0.563. The molecule has 1 aromatic carbocycles. The van der Waals surface area contributed by atoms with Crippen LogP contribution in [0.2, 0.25) is 0 Å². The molecule has 0 radical (unpaired) electrons. The Bertz CT molecular complexity index is 877. The summed E-state index contributed by atoms with van der Waals surface area (Å²) in [4.78, 5) is 16.6. The van der Waals surface area contributed by atoms with E-state index in [0.29, 0.717) is 23.8 Å². The molecular weight excluding hydrogens is 320 g/mol. The molecule has 0 fully saturated rings. The molecule has 126 valence electrons. The summed E-state index contributed by atoms with van der Waals surface area (Å²) in [5.74, 6) is 1.71. The van der Waals surface area contributed by atoms with E-state index in [1.54, 1.807) is 18.5 Å². The van der Waals surface area contributed by atoms with Crippen molar-refractivity contribution in [3.8, 4) is 23.0 Å². The number of nitrogens with one attached hydrogen (secondary N) is 1. The minimum absolute atomic E-state index is 0.191. The maximum Gasteiger partial charge on any atom is 0.264 e. The molecule has 4 rings (SSSR count). The monoisotopic (exact) mass is 336 g/mol. The van der Waals surface area contributed by atoms with E-state index in [-0.39, 0.29) is 12.5 Å². The molecule has 0 unspecified atom stereocenters. The lowest BCUT2D eigenvalue weighted by Crippen LogP contribution is -2.43. The number of hydrogen-bond donors (Lipinski definition) is 1. The van der Waals surface area contributed by atoms with Crippen molar-refractivity contribution in [3.05, 3.63) is 66.6 Å². The van der Waals surface area contributed by atoms with Crippen molar-refractivity contribution in [2.75, 3.05) is 6.61 Å². The smallest absolute Gasteiger partial charge is 0.264 e. The predicted molar refractivity (Wildman–Crippen MR) is 90.1 cm³/mol. The topological polar surface area (TPSA) is 73.6 Å². The van der Waals surface area contributed by atoms with Crippen LogP contribution in [0.1, 0.15) is 5.56 Å². The van der Waals surface area contributed by atoms with Gasteiger partial charge in [-0.25, -0.2) is 0 Å². The molecule has 0 bridgehead atoms. The van der Waals surface area contributed by atoms with Gasteiger partial charge < -0.3 is 19.2 Å². The minimum atomic E-state index is -0.665. The molecule has 1 aliphatic heterocycles. The number of rotatable bonds is 4. The molecule has 1 N–H and O–H groups in total. The highest BCUT2D eigenvalue weighted by atomic mass is 16.6. The van der Waals surface area contributed by atoms with Crippen LogP contribution < -0.4 is 14.8 Å². The average molecular weight is 336 g/mol. The van der Waals surface area contributed by atoms with Gasteiger partial charge in [0.1, 0.15) is 12.3 Å². The fourth-order valence-electron chi connectivity index (χ4n) is 2.60. The fourth-order valence-corrected chi connectivity index (χ4v) is 2.60. The van der Waals surface area contributed by atoms with E-state index in [0.717, 1.165) is 11.3 Å². The fraction of sp³-hybridized carbons (Fsp3) is 0.158. The molecule has 1 atom stereocenters. The number of hydrogen-bond acceptors (Lipinski definition) is 5. The molecule has 3 heterocycles. The molecule has 1 aliphatic rings. The van der Waals surface area contributed by atoms with Gasteiger partial charge in [-0.15, -0.1) is 0 Å². The van der Waals surface area contributed by atoms with Crippen molar-refractivity contribution in [1.29, 1.82) is 0 Å². The van der Waals surface area contributed by atoms with Crippen molar-refractivity contribution in [3.63, 3.8) is 0 Å². The highest BCUT2D eigenvalue weighted by molar-refractivity contribution is 5.81. The lowest BCUT2D eigenvalue weighted by atomic mass is 10.2. The SMILES string of the molecule is O=C(NCc1ccnc(-c2ccco2)c1)[C@H]1COc2ccccc2O1. The van der Waals surface area contributed by atoms with E-state index in [2.05, 4.69) is 10.3 Å². The summed E-state index contributed by atoms with van der Waals surface area (Å²) in [5.41, 5.74) is 1.65. The van der Waals surface area contributed by atoms with Crippen LogP contribution in [0.5, 0.6) is 11.5 Å². The van der Waals surface area contributed by atoms with E-state index in [1.807, 2.05) is 42.5 Å². The van der Waals surface area contributed by atoms with Crippen molar-refractivity contribution >= 4 is 5.91 Å². The van der Waals surface area contributed by atoms with Crippen molar-refractivity contribution in [1.82, 2.24) is 10.3 Å². The number of ether oxygens (including phenoxy) is 2. The molecule has 2 aromatic heterocycles. The lowest BCUT2D eigenvalue weighted by Gasteiger charge is -2.25. The highest BCUT2D eigenvalue weighted by Crippen LogP contribution is 2.30. The van der Waals surface area contributed by atoms with E-state index in [4.69, 9.17) is 13.9 Å². The largest absolute Gasteiger partial charge is 0.485 e. The Labute approximate surface area is 144 Å². The molecule has 25 heavy (non-hydrogen) atoms. The summed E-state index contributed by atoms with van der Waals surface area (Å²) in [6, 6.07) is 14.7. The quantitative estimate of drug-likeness (QED) is 0.793. The van der Waals surface area contributed by atoms with E-state index in [9.17, 15) is 4.79 Å². The van der Waals surface area contributed by atoms with Crippen LogP contribution in [-0.4, -0.2) is 23.6 Å². The molecule has 1 amide bonds. The number of carbonyl (C=O) groups excluding carboxylic acids is 1. The molecule has 0 saturated carbocycles. The molecule has 6 heteroatoms. The molecule has 0 spiro atoms. The first kappa shape index (κ1) is 15.3. The number of carbonyl (C=O) groups is 1. The zero-order chi connectivity index (χ0) is 17.1. The van der Waals surface area contributed by atoms with Gasteiger partial charge in [0.15, 0.2) is 17.3 Å². The van der Waals surface area contributed by atoms with Crippen LogP contribution in [-0.2, 0) is 11.3 Å². The summed E-state index contributed by atoms with van der Waals surface area (Å²) in [6.07, 6.45) is 2.63. The third kappa shape index (κ3) is 3.33. The molecular formula is C19H16N2O4. The minimum Gasteiger partial charge on any atom is -0.485 e. The third-order valence-electron chi connectivity index (χ3n) is 3.87. The number of para-hydroxylation sites is 2. The Morgan fingerprint density at radius 2 is 2.04 bits per heavy atom. The normalized spacial score (nSPS) is 15.6. The van der Waals surface area contributed by atoms with Crippen LogP contribution in [0.4, 0.5) is 0 Å². The number of fused-ring (bicyclic) bond motifs is 1. The van der Waals surface area contributed by atoms with Crippen LogP contribution in [0.3, 0.4) is 0 Å². The number of aromatic nitrogens is 1. The van der Waals surface area contributed by atoms with Gasteiger partial charge >= 0.3 is 0 Å². The van der Waals surface area contributed by atoms with Crippen LogP contribution in [0.15, 0.2) is 65.4 Å². The summed E-state index contributed by atoms with van der Waals surface area (Å²) < 4.78 is 16.6. The first-order chi connectivity index (χ1) is 12.3. The number of benzene rings is 1. The average Bonchev–Trinajstić information content (AvgIpc) is 3.21. The van der Waals surface area contributed by atoms with E-state index in [1.165, 1.54) is 0 Å². The number of furan rings is 1. The summed E-state index contributed by atoms with van der Waals surface area (Å²) >= 11 is 0. The maximum absolute atomic E-state index is 12.3. The second-order valence-electron chi connectivity index (χ2n) is 5.61. The molecule has 6 nitrogen and oxygen atoms in total. The first-order valence-electron chi connectivity index (χ1n) is 7.94. The van der Waals surface area contributed by atoms with Crippen LogP contribution in [0.25, 0.3) is 11.5 Å². The van der Waals surface area contributed by atoms with E-state index < -0.39 is 6.10 Å². The lowest BCUT2D eigenvalue weighted by molar-refractivity contribution is -0.130. The second kappa shape index (κ2) is 6.68. The Kier molecular flexibility index (Phi) is 4.08. The summed E-state index contributed by atoms with van der Waals surface area (Å²) in [7, 11) is 0. The van der Waals surface area contributed by atoms with Crippen molar-refractivity contribution in [2.45, 2.75) is 12.6 Å². The second-order valence-corrected chi connectivity index (χ2v) is 5.61. The van der Waals surface area contributed by atoms with E-state index >= 15 is 0 Å². The number of nitrogens with zero attached hydrogens (tertiary/aromatic N) is 1. The van der Waals surface area contributed by atoms with Gasteiger partial charge in [0.2, 0.25) is 6.10 Å². The molecule has 3 aromatic rings. The molecule has 0 saturated heterocycles.